The largest absolute Gasteiger partial charge is 0.465 e. The molecule has 0 N–H and O–H groups in total. The molecule has 8 heteroatoms. The SMILES string of the molecule is COC(=O)c1cc(Cn2cc3c(n2)CN(C(=O)OC(C)(C)C)C3)ccc1F. The molecule has 0 radical (unpaired) electrons. The van der Waals surface area contributed by atoms with Gasteiger partial charge in [-0.1, -0.05) is 6.07 Å². The summed E-state index contributed by atoms with van der Waals surface area (Å²) < 4.78 is 25.4. The Morgan fingerprint density at radius 2 is 2.00 bits per heavy atom. The molecule has 0 saturated heterocycles. The average molecular weight is 375 g/mol. The molecule has 2 aromatic rings. The number of hydrogen-bond acceptors (Lipinski definition) is 5. The maximum atomic E-state index is 13.7. The smallest absolute Gasteiger partial charge is 0.410 e. The van der Waals surface area contributed by atoms with Crippen LogP contribution in [-0.2, 0) is 29.1 Å². The fraction of sp³-hybridized carbons (Fsp3) is 0.421. The topological polar surface area (TPSA) is 73.7 Å². The first-order valence-corrected chi connectivity index (χ1v) is 8.56. The van der Waals surface area contributed by atoms with Gasteiger partial charge < -0.3 is 9.47 Å². The molecule has 1 aromatic heterocycles. The van der Waals surface area contributed by atoms with Crippen LogP contribution in [0.2, 0.25) is 0 Å². The fourth-order valence-electron chi connectivity index (χ4n) is 2.87. The molecule has 1 aliphatic rings. The summed E-state index contributed by atoms with van der Waals surface area (Å²) in [7, 11) is 1.21. The van der Waals surface area contributed by atoms with Crippen LogP contribution in [0.15, 0.2) is 24.4 Å². The average Bonchev–Trinajstić information content (AvgIpc) is 3.13. The van der Waals surface area contributed by atoms with Crippen molar-refractivity contribution in [3.63, 3.8) is 0 Å². The van der Waals surface area contributed by atoms with Gasteiger partial charge in [0.15, 0.2) is 0 Å². The second-order valence-electron chi connectivity index (χ2n) is 7.44. The minimum atomic E-state index is -0.717. The molecule has 1 aliphatic heterocycles. The van der Waals surface area contributed by atoms with Gasteiger partial charge in [0.05, 0.1) is 38.0 Å². The van der Waals surface area contributed by atoms with Crippen LogP contribution in [-0.4, -0.2) is 39.5 Å². The van der Waals surface area contributed by atoms with Crippen molar-refractivity contribution in [2.75, 3.05) is 7.11 Å². The fourth-order valence-corrected chi connectivity index (χ4v) is 2.87. The Morgan fingerprint density at radius 3 is 2.63 bits per heavy atom. The third-order valence-corrected chi connectivity index (χ3v) is 4.06. The molecule has 7 nitrogen and oxygen atoms in total. The number of methoxy groups -OCH3 is 1. The third-order valence-electron chi connectivity index (χ3n) is 4.06. The van der Waals surface area contributed by atoms with Crippen molar-refractivity contribution in [3.05, 3.63) is 52.6 Å². The Bertz CT molecular complexity index is 862. The molecule has 0 fully saturated rings. The Kier molecular flexibility index (Phi) is 4.91. The number of carbonyl (C=O) groups excluding carboxylic acids is 2. The number of ether oxygens (including phenoxy) is 2. The van der Waals surface area contributed by atoms with Gasteiger partial charge in [0.2, 0.25) is 0 Å². The quantitative estimate of drug-likeness (QED) is 0.771. The second-order valence-corrected chi connectivity index (χ2v) is 7.44. The zero-order chi connectivity index (χ0) is 19.8. The van der Waals surface area contributed by atoms with Crippen LogP contribution in [0.4, 0.5) is 9.18 Å². The number of rotatable bonds is 3. The van der Waals surface area contributed by atoms with Gasteiger partial charge in [0, 0.05) is 11.8 Å². The number of halogens is 1. The normalized spacial score (nSPS) is 13.4. The summed E-state index contributed by atoms with van der Waals surface area (Å²) in [6.07, 6.45) is 1.48. The third kappa shape index (κ3) is 4.27. The van der Waals surface area contributed by atoms with Gasteiger partial charge in [-0.2, -0.15) is 5.10 Å². The van der Waals surface area contributed by atoms with E-state index in [4.69, 9.17) is 4.74 Å². The van der Waals surface area contributed by atoms with Crippen LogP contribution in [0.25, 0.3) is 0 Å². The van der Waals surface area contributed by atoms with E-state index in [1.54, 1.807) is 15.6 Å². The summed E-state index contributed by atoms with van der Waals surface area (Å²) in [6, 6.07) is 4.30. The number of carbonyl (C=O) groups is 2. The molecular weight excluding hydrogens is 353 g/mol. The Balaban J connectivity index is 1.69. The highest BCUT2D eigenvalue weighted by atomic mass is 19.1. The predicted molar refractivity (Wildman–Crippen MR) is 94.5 cm³/mol. The van der Waals surface area contributed by atoms with Crippen molar-refractivity contribution >= 4 is 12.1 Å². The summed E-state index contributed by atoms with van der Waals surface area (Å²) >= 11 is 0. The number of benzene rings is 1. The Labute approximate surface area is 156 Å². The first-order valence-electron chi connectivity index (χ1n) is 8.56. The van der Waals surface area contributed by atoms with Gasteiger partial charge in [0.25, 0.3) is 0 Å². The standard InChI is InChI=1S/C19H22FN3O4/c1-19(2,3)27-18(25)22-9-13-10-23(21-16(13)11-22)8-12-5-6-15(20)14(7-12)17(24)26-4/h5-7,10H,8-9,11H2,1-4H3. The lowest BCUT2D eigenvalue weighted by molar-refractivity contribution is 0.0239. The number of hydrogen-bond donors (Lipinski definition) is 0. The molecule has 0 saturated carbocycles. The number of fused-ring (bicyclic) bond motifs is 1. The molecule has 0 aliphatic carbocycles. The van der Waals surface area contributed by atoms with Crippen molar-refractivity contribution < 1.29 is 23.5 Å². The summed E-state index contributed by atoms with van der Waals surface area (Å²) in [5, 5.41) is 4.49. The van der Waals surface area contributed by atoms with Crippen LogP contribution in [0.3, 0.4) is 0 Å². The van der Waals surface area contributed by atoms with Crippen molar-refractivity contribution in [2.24, 2.45) is 0 Å². The van der Waals surface area contributed by atoms with Crippen molar-refractivity contribution in [3.8, 4) is 0 Å². The zero-order valence-electron chi connectivity index (χ0n) is 15.8. The number of nitrogens with zero attached hydrogens (tertiary/aromatic N) is 3. The molecular formula is C19H22FN3O4. The highest BCUT2D eigenvalue weighted by molar-refractivity contribution is 5.89. The second kappa shape index (κ2) is 7.02. The van der Waals surface area contributed by atoms with Crippen molar-refractivity contribution in [1.82, 2.24) is 14.7 Å². The predicted octanol–water partition coefficient (Wildman–Crippen LogP) is 3.11. The molecule has 0 unspecified atom stereocenters. The monoisotopic (exact) mass is 375 g/mol. The minimum Gasteiger partial charge on any atom is -0.465 e. The number of esters is 1. The molecule has 144 valence electrons. The Morgan fingerprint density at radius 1 is 1.26 bits per heavy atom. The molecule has 2 heterocycles. The van der Waals surface area contributed by atoms with E-state index in [0.29, 0.717) is 19.6 Å². The van der Waals surface area contributed by atoms with Crippen LogP contribution < -0.4 is 0 Å². The summed E-state index contributed by atoms with van der Waals surface area (Å²) in [5.41, 5.74) is 1.82. The minimum absolute atomic E-state index is 0.106. The molecule has 0 atom stereocenters. The van der Waals surface area contributed by atoms with Crippen LogP contribution in [0.1, 0.15) is 48.0 Å². The van der Waals surface area contributed by atoms with Gasteiger partial charge in [-0.05, 0) is 38.5 Å². The highest BCUT2D eigenvalue weighted by Crippen LogP contribution is 2.24. The summed E-state index contributed by atoms with van der Waals surface area (Å²) in [6.45, 7) is 6.67. The molecule has 0 spiro atoms. The zero-order valence-corrected chi connectivity index (χ0v) is 15.8. The number of aromatic nitrogens is 2. The highest BCUT2D eigenvalue weighted by Gasteiger charge is 2.29. The Hall–Kier alpha value is -2.90. The van der Waals surface area contributed by atoms with Gasteiger partial charge in [0.1, 0.15) is 11.4 Å². The van der Waals surface area contributed by atoms with E-state index in [2.05, 4.69) is 9.84 Å². The van der Waals surface area contributed by atoms with Crippen molar-refractivity contribution in [1.29, 1.82) is 0 Å². The summed E-state index contributed by atoms with van der Waals surface area (Å²) in [5.74, 6) is -1.34. The van der Waals surface area contributed by atoms with E-state index in [1.807, 2.05) is 27.0 Å². The van der Waals surface area contributed by atoms with E-state index in [1.165, 1.54) is 19.2 Å². The van der Waals surface area contributed by atoms with Crippen LogP contribution in [0.5, 0.6) is 0 Å². The van der Waals surface area contributed by atoms with Crippen LogP contribution >= 0.6 is 0 Å². The maximum absolute atomic E-state index is 13.7. The van der Waals surface area contributed by atoms with Gasteiger partial charge in [-0.15, -0.1) is 0 Å². The first-order chi connectivity index (χ1) is 12.7. The van der Waals surface area contributed by atoms with Gasteiger partial charge in [-0.3, -0.25) is 9.58 Å². The molecule has 27 heavy (non-hydrogen) atoms. The van der Waals surface area contributed by atoms with E-state index in [-0.39, 0.29) is 11.7 Å². The number of amides is 1. The van der Waals surface area contributed by atoms with E-state index in [0.717, 1.165) is 16.8 Å². The van der Waals surface area contributed by atoms with Crippen molar-refractivity contribution in [2.45, 2.75) is 46.0 Å². The molecule has 3 rings (SSSR count). The lowest BCUT2D eigenvalue weighted by Crippen LogP contribution is -2.33. The van der Waals surface area contributed by atoms with E-state index < -0.39 is 17.4 Å². The van der Waals surface area contributed by atoms with Gasteiger partial charge >= 0.3 is 12.1 Å². The summed E-state index contributed by atoms with van der Waals surface area (Å²) in [4.78, 5) is 25.4. The lowest BCUT2D eigenvalue weighted by atomic mass is 10.1. The van der Waals surface area contributed by atoms with Gasteiger partial charge in [-0.25, -0.2) is 14.0 Å². The van der Waals surface area contributed by atoms with E-state index >= 15 is 0 Å². The maximum Gasteiger partial charge on any atom is 0.410 e. The van der Waals surface area contributed by atoms with Crippen LogP contribution in [0, 0.1) is 5.82 Å². The van der Waals surface area contributed by atoms with E-state index in [9.17, 15) is 14.0 Å². The first kappa shape index (κ1) is 18.9. The lowest BCUT2D eigenvalue weighted by Gasteiger charge is -2.24. The molecule has 1 amide bonds. The molecule has 1 aromatic carbocycles. The molecule has 0 bridgehead atoms.